The molecule has 5 heteroatoms. The molecule has 5 nitrogen and oxygen atoms in total. The third kappa shape index (κ3) is 4.64. The molecular formula is C18H21N3O2. The summed E-state index contributed by atoms with van der Waals surface area (Å²) in [6, 6.07) is 10.6. The summed E-state index contributed by atoms with van der Waals surface area (Å²) in [4.78, 5) is 28.5. The maximum absolute atomic E-state index is 12.4. The molecule has 2 rings (SSSR count). The summed E-state index contributed by atoms with van der Waals surface area (Å²) >= 11 is 0. The number of nitrogens with one attached hydrogen (secondary N) is 2. The second-order valence-electron chi connectivity index (χ2n) is 6.40. The van der Waals surface area contributed by atoms with E-state index in [1.165, 1.54) is 12.3 Å². The summed E-state index contributed by atoms with van der Waals surface area (Å²) in [5.41, 5.74) is 1.97. The number of carbonyl (C=O) groups excluding carboxylic acids is 2. The first-order chi connectivity index (χ1) is 10.8. The standard InChI is InChI=1S/C18H21N3O2/c1-12-7-5-6-8-14(12)20-16(22)13-9-10-19-15(11-13)17(23)21-18(2,3)4/h5-11H,1-4H3,(H,20,22)(H,21,23). The van der Waals surface area contributed by atoms with E-state index < -0.39 is 0 Å². The van der Waals surface area contributed by atoms with Gasteiger partial charge in [-0.25, -0.2) is 0 Å². The van der Waals surface area contributed by atoms with Crippen LogP contribution in [0.4, 0.5) is 5.69 Å². The average molecular weight is 311 g/mol. The molecule has 0 bridgehead atoms. The number of nitrogens with zero attached hydrogens (tertiary/aromatic N) is 1. The van der Waals surface area contributed by atoms with E-state index in [4.69, 9.17) is 0 Å². The van der Waals surface area contributed by atoms with Crippen LogP contribution in [0.3, 0.4) is 0 Å². The van der Waals surface area contributed by atoms with Crippen molar-refractivity contribution < 1.29 is 9.59 Å². The fraction of sp³-hybridized carbons (Fsp3) is 0.278. The molecule has 0 spiro atoms. The first-order valence-electron chi connectivity index (χ1n) is 7.42. The van der Waals surface area contributed by atoms with Crippen LogP contribution in [0.25, 0.3) is 0 Å². The van der Waals surface area contributed by atoms with E-state index in [1.807, 2.05) is 52.0 Å². The normalized spacial score (nSPS) is 11.0. The van der Waals surface area contributed by atoms with Crippen molar-refractivity contribution in [1.29, 1.82) is 0 Å². The third-order valence-corrected chi connectivity index (χ3v) is 3.14. The predicted molar refractivity (Wildman–Crippen MR) is 90.6 cm³/mol. The Morgan fingerprint density at radius 1 is 1.04 bits per heavy atom. The maximum atomic E-state index is 12.4. The van der Waals surface area contributed by atoms with E-state index in [1.54, 1.807) is 6.07 Å². The number of para-hydroxylation sites is 1. The van der Waals surface area contributed by atoms with Crippen molar-refractivity contribution in [2.45, 2.75) is 33.2 Å². The van der Waals surface area contributed by atoms with E-state index >= 15 is 0 Å². The van der Waals surface area contributed by atoms with Crippen molar-refractivity contribution in [2.75, 3.05) is 5.32 Å². The number of carbonyl (C=O) groups is 2. The summed E-state index contributed by atoms with van der Waals surface area (Å²) < 4.78 is 0. The summed E-state index contributed by atoms with van der Waals surface area (Å²) in [6.07, 6.45) is 1.46. The van der Waals surface area contributed by atoms with Crippen molar-refractivity contribution >= 4 is 17.5 Å². The van der Waals surface area contributed by atoms with Crippen LogP contribution in [0.1, 0.15) is 47.2 Å². The van der Waals surface area contributed by atoms with Gasteiger partial charge in [-0.3, -0.25) is 14.6 Å². The lowest BCUT2D eigenvalue weighted by molar-refractivity contribution is 0.0914. The smallest absolute Gasteiger partial charge is 0.270 e. The highest BCUT2D eigenvalue weighted by Gasteiger charge is 2.17. The minimum absolute atomic E-state index is 0.220. The number of aryl methyl sites for hydroxylation is 1. The number of aromatic nitrogens is 1. The Balaban J connectivity index is 2.18. The molecule has 0 radical (unpaired) electrons. The molecule has 0 fully saturated rings. The first-order valence-corrected chi connectivity index (χ1v) is 7.42. The van der Waals surface area contributed by atoms with Crippen LogP contribution >= 0.6 is 0 Å². The van der Waals surface area contributed by atoms with Gasteiger partial charge >= 0.3 is 0 Å². The van der Waals surface area contributed by atoms with Crippen LogP contribution in [0.5, 0.6) is 0 Å². The molecule has 2 amide bonds. The van der Waals surface area contributed by atoms with Crippen molar-refractivity contribution in [1.82, 2.24) is 10.3 Å². The Labute approximate surface area is 136 Å². The van der Waals surface area contributed by atoms with Gasteiger partial charge in [-0.15, -0.1) is 0 Å². The molecule has 0 unspecified atom stereocenters. The maximum Gasteiger partial charge on any atom is 0.270 e. The molecule has 2 aromatic rings. The quantitative estimate of drug-likeness (QED) is 0.914. The summed E-state index contributed by atoms with van der Waals surface area (Å²) in [5.74, 6) is -0.574. The SMILES string of the molecule is Cc1ccccc1NC(=O)c1ccnc(C(=O)NC(C)(C)C)c1. The van der Waals surface area contributed by atoms with E-state index in [9.17, 15) is 9.59 Å². The summed E-state index contributed by atoms with van der Waals surface area (Å²) in [6.45, 7) is 7.59. The number of amides is 2. The molecule has 120 valence electrons. The molecule has 0 aliphatic heterocycles. The molecule has 0 saturated carbocycles. The fourth-order valence-corrected chi connectivity index (χ4v) is 2.01. The number of benzene rings is 1. The lowest BCUT2D eigenvalue weighted by Gasteiger charge is -2.20. The van der Waals surface area contributed by atoms with Crippen LogP contribution in [-0.4, -0.2) is 22.3 Å². The van der Waals surface area contributed by atoms with E-state index in [0.717, 1.165) is 11.3 Å². The number of hydrogen-bond donors (Lipinski definition) is 2. The van der Waals surface area contributed by atoms with Crippen molar-refractivity contribution in [3.05, 3.63) is 59.4 Å². The molecule has 0 aliphatic carbocycles. The van der Waals surface area contributed by atoms with Gasteiger partial charge in [0.15, 0.2) is 0 Å². The highest BCUT2D eigenvalue weighted by atomic mass is 16.2. The summed E-state index contributed by atoms with van der Waals surface area (Å²) in [7, 11) is 0. The Morgan fingerprint density at radius 3 is 2.39 bits per heavy atom. The van der Waals surface area contributed by atoms with Crippen LogP contribution in [0, 0.1) is 6.92 Å². The van der Waals surface area contributed by atoms with E-state index in [-0.39, 0.29) is 23.0 Å². The molecular weight excluding hydrogens is 290 g/mol. The minimum Gasteiger partial charge on any atom is -0.346 e. The van der Waals surface area contributed by atoms with Crippen LogP contribution in [-0.2, 0) is 0 Å². The molecule has 1 aromatic carbocycles. The second kappa shape index (κ2) is 6.60. The molecule has 1 heterocycles. The van der Waals surface area contributed by atoms with Gasteiger partial charge in [0.2, 0.25) is 0 Å². The van der Waals surface area contributed by atoms with Gasteiger partial charge < -0.3 is 10.6 Å². The largest absolute Gasteiger partial charge is 0.346 e. The van der Waals surface area contributed by atoms with Crippen molar-refractivity contribution in [3.63, 3.8) is 0 Å². The highest BCUT2D eigenvalue weighted by molar-refractivity contribution is 6.06. The zero-order valence-electron chi connectivity index (χ0n) is 13.8. The molecule has 1 aromatic heterocycles. The average Bonchev–Trinajstić information content (AvgIpc) is 2.48. The Morgan fingerprint density at radius 2 is 1.74 bits per heavy atom. The number of anilines is 1. The number of pyridine rings is 1. The van der Waals surface area contributed by atoms with Crippen molar-refractivity contribution in [3.8, 4) is 0 Å². The van der Waals surface area contributed by atoms with Crippen molar-refractivity contribution in [2.24, 2.45) is 0 Å². The second-order valence-corrected chi connectivity index (χ2v) is 6.40. The fourth-order valence-electron chi connectivity index (χ4n) is 2.01. The topological polar surface area (TPSA) is 71.1 Å². The Bertz CT molecular complexity index is 733. The summed E-state index contributed by atoms with van der Waals surface area (Å²) in [5, 5.41) is 5.67. The molecule has 0 aliphatic rings. The molecule has 2 N–H and O–H groups in total. The number of hydrogen-bond acceptors (Lipinski definition) is 3. The van der Waals surface area contributed by atoms with Gasteiger partial charge in [-0.1, -0.05) is 18.2 Å². The third-order valence-electron chi connectivity index (χ3n) is 3.14. The van der Waals surface area contributed by atoms with Gasteiger partial charge in [0.1, 0.15) is 5.69 Å². The van der Waals surface area contributed by atoms with Gasteiger partial charge in [-0.05, 0) is 51.5 Å². The van der Waals surface area contributed by atoms with Crippen LogP contribution in [0.2, 0.25) is 0 Å². The zero-order chi connectivity index (χ0) is 17.0. The van der Waals surface area contributed by atoms with Crippen LogP contribution in [0.15, 0.2) is 42.6 Å². The molecule has 0 atom stereocenters. The zero-order valence-corrected chi connectivity index (χ0v) is 13.8. The Hall–Kier alpha value is -2.69. The lowest BCUT2D eigenvalue weighted by Crippen LogP contribution is -2.41. The minimum atomic E-state index is -0.363. The molecule has 23 heavy (non-hydrogen) atoms. The van der Waals surface area contributed by atoms with Crippen LogP contribution < -0.4 is 10.6 Å². The van der Waals surface area contributed by atoms with Gasteiger partial charge in [0.05, 0.1) is 0 Å². The van der Waals surface area contributed by atoms with Gasteiger partial charge in [-0.2, -0.15) is 0 Å². The lowest BCUT2D eigenvalue weighted by atomic mass is 10.1. The van der Waals surface area contributed by atoms with E-state index in [2.05, 4.69) is 15.6 Å². The molecule has 0 saturated heterocycles. The highest BCUT2D eigenvalue weighted by Crippen LogP contribution is 2.15. The first kappa shape index (κ1) is 16.7. The Kier molecular flexibility index (Phi) is 4.79. The monoisotopic (exact) mass is 311 g/mol. The predicted octanol–water partition coefficient (Wildman–Crippen LogP) is 3.17. The van der Waals surface area contributed by atoms with Gasteiger partial charge in [0, 0.05) is 23.0 Å². The number of rotatable bonds is 3. The van der Waals surface area contributed by atoms with Gasteiger partial charge in [0.25, 0.3) is 11.8 Å². The van der Waals surface area contributed by atoms with E-state index in [0.29, 0.717) is 5.56 Å².